The van der Waals surface area contributed by atoms with Crippen LogP contribution in [-0.2, 0) is 11.3 Å². The van der Waals surface area contributed by atoms with Gasteiger partial charge in [-0.1, -0.05) is 24.3 Å². The number of piperidine rings is 1. The van der Waals surface area contributed by atoms with E-state index in [1.54, 1.807) is 11.3 Å². The van der Waals surface area contributed by atoms with Gasteiger partial charge < -0.3 is 19.7 Å². The van der Waals surface area contributed by atoms with Gasteiger partial charge in [-0.2, -0.15) is 0 Å². The molecule has 5 rings (SSSR count). The van der Waals surface area contributed by atoms with E-state index in [1.807, 2.05) is 58.8 Å². The van der Waals surface area contributed by atoms with Crippen LogP contribution in [0.3, 0.4) is 0 Å². The van der Waals surface area contributed by atoms with Crippen molar-refractivity contribution in [3.8, 4) is 21.9 Å². The van der Waals surface area contributed by atoms with E-state index in [1.165, 1.54) is 4.88 Å². The number of likely N-dealkylation sites (tertiary alicyclic amines) is 1. The van der Waals surface area contributed by atoms with E-state index in [0.717, 1.165) is 16.9 Å². The highest BCUT2D eigenvalue weighted by atomic mass is 32.1. The molecule has 1 fully saturated rings. The Bertz CT molecular complexity index is 1100. The van der Waals surface area contributed by atoms with Crippen molar-refractivity contribution in [3.63, 3.8) is 0 Å². The number of nitrogens with zero attached hydrogens (tertiary/aromatic N) is 1. The summed E-state index contributed by atoms with van der Waals surface area (Å²) in [6.07, 6.45) is 1.35. The van der Waals surface area contributed by atoms with Crippen LogP contribution in [0.2, 0.25) is 0 Å². The molecule has 0 spiro atoms. The Kier molecular flexibility index (Phi) is 5.81. The summed E-state index contributed by atoms with van der Waals surface area (Å²) in [5.74, 6) is 1.44. The van der Waals surface area contributed by atoms with Crippen LogP contribution in [0, 0.1) is 5.92 Å². The van der Waals surface area contributed by atoms with Gasteiger partial charge in [-0.05, 0) is 59.7 Å². The van der Waals surface area contributed by atoms with Crippen LogP contribution in [0.5, 0.6) is 11.5 Å². The molecule has 0 radical (unpaired) electrons. The third-order valence-electron chi connectivity index (χ3n) is 5.99. The van der Waals surface area contributed by atoms with Crippen LogP contribution in [0.1, 0.15) is 28.8 Å². The SMILES string of the molecule is O=C(NCc1ccc2c(c1)OCO2)C1CCN(C(=O)c2ccc(-c3cccs3)cc2)CC1. The Hall–Kier alpha value is -3.32. The second kappa shape index (κ2) is 9.04. The fourth-order valence-corrected chi connectivity index (χ4v) is 4.86. The molecular formula is C25H24N2O4S. The fraction of sp³-hybridized carbons (Fsp3) is 0.280. The van der Waals surface area contributed by atoms with Crippen molar-refractivity contribution in [1.82, 2.24) is 10.2 Å². The molecular weight excluding hydrogens is 424 g/mol. The number of ether oxygens (including phenoxy) is 2. The third kappa shape index (κ3) is 4.34. The Labute approximate surface area is 190 Å². The van der Waals surface area contributed by atoms with Gasteiger partial charge in [0, 0.05) is 36.0 Å². The van der Waals surface area contributed by atoms with Gasteiger partial charge >= 0.3 is 0 Å². The third-order valence-corrected chi connectivity index (χ3v) is 6.91. The number of rotatable bonds is 5. The summed E-state index contributed by atoms with van der Waals surface area (Å²) in [6, 6.07) is 17.6. The molecule has 2 aliphatic heterocycles. The largest absolute Gasteiger partial charge is 0.454 e. The lowest BCUT2D eigenvalue weighted by molar-refractivity contribution is -0.126. The maximum atomic E-state index is 12.9. The molecule has 164 valence electrons. The Morgan fingerprint density at radius 2 is 1.78 bits per heavy atom. The highest BCUT2D eigenvalue weighted by Gasteiger charge is 2.28. The van der Waals surface area contributed by atoms with E-state index >= 15 is 0 Å². The average molecular weight is 449 g/mol. The maximum absolute atomic E-state index is 12.9. The van der Waals surface area contributed by atoms with E-state index in [-0.39, 0.29) is 24.5 Å². The predicted molar refractivity (Wildman–Crippen MR) is 123 cm³/mol. The second-order valence-corrected chi connectivity index (χ2v) is 8.97. The first-order valence-electron chi connectivity index (χ1n) is 10.8. The van der Waals surface area contributed by atoms with Crippen molar-refractivity contribution in [3.05, 3.63) is 71.1 Å². The van der Waals surface area contributed by atoms with Crippen molar-refractivity contribution in [2.24, 2.45) is 5.92 Å². The van der Waals surface area contributed by atoms with Gasteiger partial charge in [-0.15, -0.1) is 11.3 Å². The van der Waals surface area contributed by atoms with Crippen LogP contribution >= 0.6 is 11.3 Å². The number of fused-ring (bicyclic) bond motifs is 1. The summed E-state index contributed by atoms with van der Waals surface area (Å²) < 4.78 is 10.7. The van der Waals surface area contributed by atoms with Crippen molar-refractivity contribution >= 4 is 23.2 Å². The molecule has 0 aliphatic carbocycles. The van der Waals surface area contributed by atoms with E-state index < -0.39 is 0 Å². The van der Waals surface area contributed by atoms with Crippen molar-refractivity contribution in [2.45, 2.75) is 19.4 Å². The monoisotopic (exact) mass is 448 g/mol. The lowest BCUT2D eigenvalue weighted by atomic mass is 9.95. The zero-order valence-electron chi connectivity index (χ0n) is 17.6. The number of carbonyl (C=O) groups excluding carboxylic acids is 2. The summed E-state index contributed by atoms with van der Waals surface area (Å²) in [4.78, 5) is 28.6. The number of benzene rings is 2. The molecule has 2 aliphatic rings. The molecule has 7 heteroatoms. The summed E-state index contributed by atoms with van der Waals surface area (Å²) in [7, 11) is 0. The van der Waals surface area contributed by atoms with E-state index in [0.29, 0.717) is 43.8 Å². The lowest BCUT2D eigenvalue weighted by Gasteiger charge is -2.31. The minimum absolute atomic E-state index is 0.0296. The quantitative estimate of drug-likeness (QED) is 0.632. The van der Waals surface area contributed by atoms with Gasteiger partial charge in [0.05, 0.1) is 0 Å². The Morgan fingerprint density at radius 1 is 1.00 bits per heavy atom. The molecule has 3 aromatic rings. The first-order valence-corrected chi connectivity index (χ1v) is 11.6. The number of hydrogen-bond donors (Lipinski definition) is 1. The lowest BCUT2D eigenvalue weighted by Crippen LogP contribution is -2.42. The first kappa shape index (κ1) is 20.6. The normalized spacial score (nSPS) is 15.6. The molecule has 0 unspecified atom stereocenters. The fourth-order valence-electron chi connectivity index (χ4n) is 4.13. The summed E-state index contributed by atoms with van der Waals surface area (Å²) in [5.41, 5.74) is 2.78. The molecule has 1 aromatic heterocycles. The summed E-state index contributed by atoms with van der Waals surface area (Å²) >= 11 is 1.68. The van der Waals surface area contributed by atoms with Gasteiger partial charge in [0.15, 0.2) is 11.5 Å². The van der Waals surface area contributed by atoms with Gasteiger partial charge in [-0.25, -0.2) is 0 Å². The smallest absolute Gasteiger partial charge is 0.253 e. The minimum atomic E-state index is -0.0748. The van der Waals surface area contributed by atoms with Gasteiger partial charge in [0.1, 0.15) is 0 Å². The second-order valence-electron chi connectivity index (χ2n) is 8.03. The standard InChI is InChI=1S/C25H24N2O4S/c28-24(26-15-17-3-8-21-22(14-17)31-16-30-21)19-9-11-27(12-10-19)25(29)20-6-4-18(5-7-20)23-2-1-13-32-23/h1-8,13-14,19H,9-12,15-16H2,(H,26,28). The maximum Gasteiger partial charge on any atom is 0.253 e. The number of amides is 2. The molecule has 0 atom stereocenters. The number of hydrogen-bond acceptors (Lipinski definition) is 5. The van der Waals surface area contributed by atoms with Gasteiger partial charge in [0.2, 0.25) is 12.7 Å². The molecule has 0 bridgehead atoms. The minimum Gasteiger partial charge on any atom is -0.454 e. The molecule has 3 heterocycles. The van der Waals surface area contributed by atoms with E-state index in [9.17, 15) is 9.59 Å². The molecule has 0 saturated carbocycles. The van der Waals surface area contributed by atoms with Crippen LogP contribution < -0.4 is 14.8 Å². The highest BCUT2D eigenvalue weighted by molar-refractivity contribution is 7.13. The van der Waals surface area contributed by atoms with Crippen LogP contribution in [-0.4, -0.2) is 36.6 Å². The zero-order chi connectivity index (χ0) is 21.9. The molecule has 2 aromatic carbocycles. The molecule has 2 amide bonds. The number of thiophene rings is 1. The van der Waals surface area contributed by atoms with Gasteiger partial charge in [0.25, 0.3) is 5.91 Å². The zero-order valence-corrected chi connectivity index (χ0v) is 18.4. The highest BCUT2D eigenvalue weighted by Crippen LogP contribution is 2.32. The molecule has 32 heavy (non-hydrogen) atoms. The number of nitrogens with one attached hydrogen (secondary N) is 1. The summed E-state index contributed by atoms with van der Waals surface area (Å²) in [5, 5.41) is 5.06. The topological polar surface area (TPSA) is 67.9 Å². The van der Waals surface area contributed by atoms with Crippen molar-refractivity contribution in [2.75, 3.05) is 19.9 Å². The average Bonchev–Trinajstić information content (AvgIpc) is 3.54. The Balaban J connectivity index is 1.12. The summed E-state index contributed by atoms with van der Waals surface area (Å²) in [6.45, 7) is 1.87. The van der Waals surface area contributed by atoms with E-state index in [4.69, 9.17) is 9.47 Å². The van der Waals surface area contributed by atoms with Crippen molar-refractivity contribution in [1.29, 1.82) is 0 Å². The molecule has 6 nitrogen and oxygen atoms in total. The van der Waals surface area contributed by atoms with Crippen molar-refractivity contribution < 1.29 is 19.1 Å². The number of carbonyl (C=O) groups is 2. The van der Waals surface area contributed by atoms with Crippen LogP contribution in [0.15, 0.2) is 60.0 Å². The Morgan fingerprint density at radius 3 is 2.53 bits per heavy atom. The van der Waals surface area contributed by atoms with Crippen LogP contribution in [0.4, 0.5) is 0 Å². The molecule has 1 saturated heterocycles. The molecule has 1 N–H and O–H groups in total. The predicted octanol–water partition coefficient (Wildman–Crippen LogP) is 4.31. The van der Waals surface area contributed by atoms with Crippen LogP contribution in [0.25, 0.3) is 10.4 Å². The van der Waals surface area contributed by atoms with Gasteiger partial charge in [-0.3, -0.25) is 9.59 Å². The van der Waals surface area contributed by atoms with E-state index in [2.05, 4.69) is 11.4 Å². The first-order chi connectivity index (χ1) is 15.7.